The molecule has 108 valence electrons. The monoisotopic (exact) mass is 298 g/mol. The van der Waals surface area contributed by atoms with Crippen molar-refractivity contribution >= 4 is 28.8 Å². The summed E-state index contributed by atoms with van der Waals surface area (Å²) in [5.74, 6) is -0.0996. The van der Waals surface area contributed by atoms with Gasteiger partial charge in [-0.25, -0.2) is 0 Å². The van der Waals surface area contributed by atoms with Crippen LogP contribution in [-0.2, 0) is 10.2 Å². The molecule has 2 aromatic carbocycles. The number of nitrogens with two attached hydrogens (primary N) is 1. The Bertz CT molecular complexity index is 666. The number of carbonyl (C=O) groups is 1. The predicted octanol–water partition coefficient (Wildman–Crippen LogP) is 3.24. The quantitative estimate of drug-likeness (QED) is 0.852. The minimum atomic E-state index is -0.648. The maximum atomic E-state index is 12.6. The summed E-state index contributed by atoms with van der Waals surface area (Å²) in [5, 5.41) is 2.92. The van der Waals surface area contributed by atoms with Crippen molar-refractivity contribution in [2.24, 2.45) is 5.73 Å². The smallest absolute Gasteiger partial charge is 0.234 e. The van der Waals surface area contributed by atoms with E-state index < -0.39 is 5.41 Å². The summed E-state index contributed by atoms with van der Waals surface area (Å²) in [7, 11) is 0. The van der Waals surface area contributed by atoms with Crippen LogP contribution in [0.15, 0.2) is 54.6 Å². The van der Waals surface area contributed by atoms with Crippen LogP contribution in [0.25, 0.3) is 0 Å². The summed E-state index contributed by atoms with van der Waals surface area (Å²) >= 11 is 5.02. The zero-order chi connectivity index (χ0) is 15.5. The van der Waals surface area contributed by atoms with Crippen LogP contribution in [0.3, 0.4) is 0 Å². The number of anilines is 1. The predicted molar refractivity (Wildman–Crippen MR) is 90.4 cm³/mol. The highest BCUT2D eigenvalue weighted by Crippen LogP contribution is 2.26. The van der Waals surface area contributed by atoms with E-state index in [1.165, 1.54) is 0 Å². The van der Waals surface area contributed by atoms with Crippen LogP contribution in [0.2, 0.25) is 0 Å². The molecule has 3 N–H and O–H groups in total. The van der Waals surface area contributed by atoms with Gasteiger partial charge in [0, 0.05) is 5.56 Å². The van der Waals surface area contributed by atoms with Gasteiger partial charge in [-0.15, -0.1) is 0 Å². The van der Waals surface area contributed by atoms with Crippen molar-refractivity contribution < 1.29 is 4.79 Å². The zero-order valence-corrected chi connectivity index (χ0v) is 12.9. The first-order chi connectivity index (χ1) is 9.93. The first kappa shape index (κ1) is 15.2. The van der Waals surface area contributed by atoms with Gasteiger partial charge in [0.25, 0.3) is 0 Å². The molecular formula is C17H18N2OS. The lowest BCUT2D eigenvalue weighted by Gasteiger charge is -2.24. The average Bonchev–Trinajstić information content (AvgIpc) is 2.48. The number of rotatable bonds is 4. The molecule has 21 heavy (non-hydrogen) atoms. The Morgan fingerprint density at radius 2 is 1.62 bits per heavy atom. The molecule has 0 unspecified atom stereocenters. The zero-order valence-electron chi connectivity index (χ0n) is 12.1. The van der Waals surface area contributed by atoms with E-state index in [0.29, 0.717) is 11.3 Å². The Morgan fingerprint density at radius 3 is 2.24 bits per heavy atom. The van der Waals surface area contributed by atoms with Gasteiger partial charge in [0.1, 0.15) is 4.99 Å². The number of hydrogen-bond acceptors (Lipinski definition) is 2. The Labute approximate surface area is 130 Å². The molecule has 0 atom stereocenters. The minimum absolute atomic E-state index is 0.0996. The summed E-state index contributed by atoms with van der Waals surface area (Å²) in [4.78, 5) is 12.9. The molecule has 0 radical (unpaired) electrons. The number of hydrogen-bond donors (Lipinski definition) is 2. The fourth-order valence-electron chi connectivity index (χ4n) is 2.07. The maximum Gasteiger partial charge on any atom is 0.234 e. The van der Waals surface area contributed by atoms with Gasteiger partial charge in [-0.3, -0.25) is 4.79 Å². The fourth-order valence-corrected chi connectivity index (χ4v) is 2.25. The molecule has 0 fully saturated rings. The standard InChI is InChI=1S/C17H18N2OS/c1-17(2,12-8-4-3-5-9-12)16(20)19-14-11-7-6-10-13(14)15(18)21/h3-11H,1-2H3,(H2,18,21)(H,19,20). The molecule has 0 aliphatic heterocycles. The van der Waals surface area contributed by atoms with Gasteiger partial charge in [-0.05, 0) is 31.5 Å². The number of para-hydroxylation sites is 1. The van der Waals surface area contributed by atoms with E-state index in [1.807, 2.05) is 56.3 Å². The molecule has 2 rings (SSSR count). The molecule has 0 bridgehead atoms. The van der Waals surface area contributed by atoms with Crippen LogP contribution in [0, 0.1) is 0 Å². The highest BCUT2D eigenvalue weighted by molar-refractivity contribution is 7.80. The van der Waals surface area contributed by atoms with Crippen LogP contribution >= 0.6 is 12.2 Å². The Hall–Kier alpha value is -2.20. The second-order valence-electron chi connectivity index (χ2n) is 5.35. The fraction of sp³-hybridized carbons (Fsp3) is 0.176. The maximum absolute atomic E-state index is 12.6. The molecule has 0 saturated heterocycles. The lowest BCUT2D eigenvalue weighted by Crippen LogP contribution is -2.35. The second-order valence-corrected chi connectivity index (χ2v) is 5.79. The van der Waals surface area contributed by atoms with Gasteiger partial charge in [-0.1, -0.05) is 54.7 Å². The van der Waals surface area contributed by atoms with Crippen LogP contribution in [-0.4, -0.2) is 10.9 Å². The molecule has 1 amide bonds. The number of carbonyl (C=O) groups excluding carboxylic acids is 1. The average molecular weight is 298 g/mol. The van der Waals surface area contributed by atoms with Gasteiger partial charge < -0.3 is 11.1 Å². The largest absolute Gasteiger partial charge is 0.389 e. The lowest BCUT2D eigenvalue weighted by atomic mass is 9.83. The molecule has 0 aliphatic carbocycles. The SMILES string of the molecule is CC(C)(C(=O)Nc1ccccc1C(N)=S)c1ccccc1. The van der Waals surface area contributed by atoms with E-state index in [-0.39, 0.29) is 10.9 Å². The molecule has 3 nitrogen and oxygen atoms in total. The van der Waals surface area contributed by atoms with Crippen LogP contribution < -0.4 is 11.1 Å². The third-order valence-electron chi connectivity index (χ3n) is 3.50. The van der Waals surface area contributed by atoms with Crippen molar-refractivity contribution in [2.45, 2.75) is 19.3 Å². The van der Waals surface area contributed by atoms with Crippen molar-refractivity contribution in [2.75, 3.05) is 5.32 Å². The molecule has 0 aliphatic rings. The van der Waals surface area contributed by atoms with Gasteiger partial charge in [0.05, 0.1) is 11.1 Å². The van der Waals surface area contributed by atoms with E-state index in [1.54, 1.807) is 12.1 Å². The van der Waals surface area contributed by atoms with E-state index in [4.69, 9.17) is 18.0 Å². The summed E-state index contributed by atoms with van der Waals surface area (Å²) in [6.07, 6.45) is 0. The number of benzene rings is 2. The minimum Gasteiger partial charge on any atom is -0.389 e. The van der Waals surface area contributed by atoms with Crippen molar-refractivity contribution in [3.8, 4) is 0 Å². The van der Waals surface area contributed by atoms with Gasteiger partial charge in [0.15, 0.2) is 0 Å². The Kier molecular flexibility index (Phi) is 4.38. The molecule has 0 heterocycles. The van der Waals surface area contributed by atoms with Gasteiger partial charge in [0.2, 0.25) is 5.91 Å². The van der Waals surface area contributed by atoms with E-state index in [2.05, 4.69) is 5.32 Å². The molecule has 0 saturated carbocycles. The van der Waals surface area contributed by atoms with E-state index in [0.717, 1.165) is 5.56 Å². The number of nitrogens with one attached hydrogen (secondary N) is 1. The van der Waals surface area contributed by atoms with Crippen LogP contribution in [0.4, 0.5) is 5.69 Å². The summed E-state index contributed by atoms with van der Waals surface area (Å²) in [6.45, 7) is 3.78. The van der Waals surface area contributed by atoms with Crippen molar-refractivity contribution in [3.05, 3.63) is 65.7 Å². The van der Waals surface area contributed by atoms with E-state index >= 15 is 0 Å². The number of thiocarbonyl (C=S) groups is 1. The number of amides is 1. The molecule has 0 spiro atoms. The van der Waals surface area contributed by atoms with Crippen molar-refractivity contribution in [1.29, 1.82) is 0 Å². The third kappa shape index (κ3) is 3.28. The normalized spacial score (nSPS) is 11.0. The summed E-state index contributed by atoms with van der Waals surface area (Å²) in [6, 6.07) is 16.9. The molecule has 4 heteroatoms. The first-order valence-electron chi connectivity index (χ1n) is 6.68. The topological polar surface area (TPSA) is 55.1 Å². The van der Waals surface area contributed by atoms with Gasteiger partial charge >= 0.3 is 0 Å². The third-order valence-corrected chi connectivity index (χ3v) is 3.72. The Morgan fingerprint density at radius 1 is 1.05 bits per heavy atom. The van der Waals surface area contributed by atoms with Crippen molar-refractivity contribution in [3.63, 3.8) is 0 Å². The molecular weight excluding hydrogens is 280 g/mol. The molecule has 2 aromatic rings. The summed E-state index contributed by atoms with van der Waals surface area (Å²) < 4.78 is 0. The summed E-state index contributed by atoms with van der Waals surface area (Å²) in [5.41, 5.74) is 7.31. The van der Waals surface area contributed by atoms with E-state index in [9.17, 15) is 4.79 Å². The van der Waals surface area contributed by atoms with Gasteiger partial charge in [-0.2, -0.15) is 0 Å². The van der Waals surface area contributed by atoms with Crippen molar-refractivity contribution in [1.82, 2.24) is 0 Å². The van der Waals surface area contributed by atoms with Crippen LogP contribution in [0.5, 0.6) is 0 Å². The lowest BCUT2D eigenvalue weighted by molar-refractivity contribution is -0.120. The van der Waals surface area contributed by atoms with Crippen LogP contribution in [0.1, 0.15) is 25.0 Å². The molecule has 0 aromatic heterocycles. The Balaban J connectivity index is 2.28. The highest BCUT2D eigenvalue weighted by Gasteiger charge is 2.30. The first-order valence-corrected chi connectivity index (χ1v) is 7.09. The second kappa shape index (κ2) is 6.06. The highest BCUT2D eigenvalue weighted by atomic mass is 32.1.